The van der Waals surface area contributed by atoms with Gasteiger partial charge in [0.1, 0.15) is 0 Å². The van der Waals surface area contributed by atoms with E-state index in [0.717, 1.165) is 35.3 Å². The number of ether oxygens (including phenoxy) is 2. The second kappa shape index (κ2) is 15.6. The molecule has 0 spiro atoms. The van der Waals surface area contributed by atoms with Crippen LogP contribution in [0.2, 0.25) is 0 Å². The smallest absolute Gasteiger partial charge is 0.240 e. The molecule has 0 bridgehead atoms. The molecule has 7 nitrogen and oxygen atoms in total. The topological polar surface area (TPSA) is 88.1 Å². The van der Waals surface area contributed by atoms with Crippen molar-refractivity contribution in [3.05, 3.63) is 173 Å². The Hall–Kier alpha value is -4.15. The Kier molecular flexibility index (Phi) is 10.9. The highest BCUT2D eigenvalue weighted by molar-refractivity contribution is 7.89. The van der Waals surface area contributed by atoms with Crippen LogP contribution in [-0.4, -0.2) is 31.1 Å². The van der Waals surface area contributed by atoms with Crippen molar-refractivity contribution in [2.24, 2.45) is 0 Å². The van der Waals surface area contributed by atoms with E-state index in [1.165, 1.54) is 11.1 Å². The molecule has 0 unspecified atom stereocenters. The summed E-state index contributed by atoms with van der Waals surface area (Å²) in [5, 5.41) is 9.58. The molecule has 1 saturated heterocycles. The highest BCUT2D eigenvalue weighted by atomic mass is 32.2. The summed E-state index contributed by atoms with van der Waals surface area (Å²) in [6.45, 7) is 2.42. The number of aliphatic hydroxyl groups excluding tert-OH is 1. The summed E-state index contributed by atoms with van der Waals surface area (Å²) in [7, 11) is -3.62. The molecule has 5 aromatic carbocycles. The van der Waals surface area contributed by atoms with Crippen molar-refractivity contribution in [1.82, 2.24) is 9.62 Å². The molecule has 1 heterocycles. The van der Waals surface area contributed by atoms with Crippen molar-refractivity contribution in [3.63, 3.8) is 0 Å². The van der Waals surface area contributed by atoms with Gasteiger partial charge < -0.3 is 14.6 Å². The molecule has 47 heavy (non-hydrogen) atoms. The monoisotopic (exact) mass is 648 g/mol. The fraction of sp³-hybridized carbons (Fsp3) is 0.231. The molecule has 242 valence electrons. The van der Waals surface area contributed by atoms with Crippen LogP contribution < -0.4 is 4.72 Å². The van der Waals surface area contributed by atoms with Gasteiger partial charge in [-0.3, -0.25) is 4.90 Å². The lowest BCUT2D eigenvalue weighted by molar-refractivity contribution is -0.253. The standard InChI is InChI=1S/C39H40N2O5S/c42-29-33-18-20-34(21-19-33)38-24-36(28-41(26-31-10-4-1-5-11-31)27-32-12-6-2-7-13-32)45-39(46-38)35-22-16-30(17-23-35)25-40-47(43,44)37-14-8-3-9-15-37/h1-23,36,38-40,42H,24-29H2/t36-,38+,39+/m1/s1. The maximum atomic E-state index is 12.7. The van der Waals surface area contributed by atoms with Crippen LogP contribution in [0.3, 0.4) is 0 Å². The molecule has 3 atom stereocenters. The quantitative estimate of drug-likeness (QED) is 0.144. The third kappa shape index (κ3) is 9.02. The number of sulfonamides is 1. The molecule has 0 aliphatic carbocycles. The Morgan fingerprint density at radius 1 is 0.638 bits per heavy atom. The Morgan fingerprint density at radius 3 is 1.74 bits per heavy atom. The number of rotatable bonds is 13. The highest BCUT2D eigenvalue weighted by Gasteiger charge is 2.33. The van der Waals surface area contributed by atoms with E-state index in [0.29, 0.717) is 13.0 Å². The summed E-state index contributed by atoms with van der Waals surface area (Å²) in [5.41, 5.74) is 6.05. The average Bonchev–Trinajstić information content (AvgIpc) is 3.12. The van der Waals surface area contributed by atoms with Gasteiger partial charge in [0, 0.05) is 38.2 Å². The Bertz CT molecular complexity index is 1740. The van der Waals surface area contributed by atoms with E-state index in [4.69, 9.17) is 9.47 Å². The van der Waals surface area contributed by atoms with E-state index in [1.54, 1.807) is 30.3 Å². The first-order chi connectivity index (χ1) is 22.9. The number of hydrogen-bond donors (Lipinski definition) is 2. The van der Waals surface area contributed by atoms with Crippen molar-refractivity contribution in [2.45, 2.75) is 56.1 Å². The SMILES string of the molecule is O=S(=O)(NCc1ccc([C@H]2O[C@@H](CN(Cc3ccccc3)Cc3ccccc3)C[C@@H](c3ccc(CO)cc3)O2)cc1)c1ccccc1. The molecule has 8 heteroatoms. The molecule has 1 aliphatic rings. The zero-order chi connectivity index (χ0) is 32.5. The predicted octanol–water partition coefficient (Wildman–Crippen LogP) is 6.91. The number of nitrogens with one attached hydrogen (secondary N) is 1. The normalized spacial score (nSPS) is 18.3. The summed E-state index contributed by atoms with van der Waals surface area (Å²) >= 11 is 0. The summed E-state index contributed by atoms with van der Waals surface area (Å²) in [5.74, 6) is 0. The Balaban J connectivity index is 1.20. The van der Waals surface area contributed by atoms with Crippen LogP contribution in [0.15, 0.2) is 144 Å². The van der Waals surface area contributed by atoms with Crippen LogP contribution in [0.1, 0.15) is 52.2 Å². The summed E-state index contributed by atoms with van der Waals surface area (Å²) in [4.78, 5) is 2.66. The minimum Gasteiger partial charge on any atom is -0.392 e. The summed E-state index contributed by atoms with van der Waals surface area (Å²) < 4.78 is 41.4. The molecule has 5 aromatic rings. The average molecular weight is 649 g/mol. The van der Waals surface area contributed by atoms with Gasteiger partial charge in [0.25, 0.3) is 0 Å². The van der Waals surface area contributed by atoms with Crippen LogP contribution in [0.5, 0.6) is 0 Å². The maximum Gasteiger partial charge on any atom is 0.240 e. The molecule has 6 rings (SSSR count). The first kappa shape index (κ1) is 32.8. The van der Waals surface area contributed by atoms with Crippen molar-refractivity contribution in [1.29, 1.82) is 0 Å². The lowest BCUT2D eigenvalue weighted by Crippen LogP contribution is -2.39. The molecule has 1 fully saturated rings. The molecule has 0 amide bonds. The fourth-order valence-corrected chi connectivity index (χ4v) is 6.88. The minimum atomic E-state index is -3.62. The maximum absolute atomic E-state index is 12.7. The van der Waals surface area contributed by atoms with Gasteiger partial charge in [0.05, 0.1) is 23.7 Å². The van der Waals surface area contributed by atoms with E-state index < -0.39 is 16.3 Å². The lowest BCUT2D eigenvalue weighted by Gasteiger charge is -2.38. The first-order valence-corrected chi connectivity index (χ1v) is 17.4. The fourth-order valence-electron chi connectivity index (χ4n) is 5.84. The summed E-state index contributed by atoms with van der Waals surface area (Å²) in [6.07, 6.45) is -0.268. The first-order valence-electron chi connectivity index (χ1n) is 15.9. The predicted molar refractivity (Wildman–Crippen MR) is 182 cm³/mol. The Labute approximate surface area is 277 Å². The zero-order valence-corrected chi connectivity index (χ0v) is 27.0. The number of aliphatic hydroxyl groups is 1. The molecule has 1 aliphatic heterocycles. The van der Waals surface area contributed by atoms with Crippen molar-refractivity contribution >= 4 is 10.0 Å². The number of nitrogens with zero attached hydrogens (tertiary/aromatic N) is 1. The van der Waals surface area contributed by atoms with E-state index in [9.17, 15) is 13.5 Å². The van der Waals surface area contributed by atoms with Gasteiger partial charge in [-0.2, -0.15) is 0 Å². The zero-order valence-electron chi connectivity index (χ0n) is 26.2. The summed E-state index contributed by atoms with van der Waals surface area (Å²) in [6, 6.07) is 44.9. The molecule has 0 saturated carbocycles. The number of benzene rings is 5. The van der Waals surface area contributed by atoms with Crippen LogP contribution in [-0.2, 0) is 45.7 Å². The van der Waals surface area contributed by atoms with Gasteiger partial charge in [0.2, 0.25) is 10.0 Å². The second-order valence-electron chi connectivity index (χ2n) is 11.9. The van der Waals surface area contributed by atoms with Gasteiger partial charge >= 0.3 is 0 Å². The van der Waals surface area contributed by atoms with Crippen molar-refractivity contribution < 1.29 is 23.0 Å². The van der Waals surface area contributed by atoms with Gasteiger partial charge in [0.15, 0.2) is 6.29 Å². The van der Waals surface area contributed by atoms with E-state index in [-0.39, 0.29) is 30.3 Å². The van der Waals surface area contributed by atoms with Gasteiger partial charge in [-0.1, -0.05) is 127 Å². The van der Waals surface area contributed by atoms with Crippen LogP contribution in [0.4, 0.5) is 0 Å². The van der Waals surface area contributed by atoms with Gasteiger partial charge in [-0.15, -0.1) is 0 Å². The Morgan fingerprint density at radius 2 is 1.17 bits per heavy atom. The number of hydrogen-bond acceptors (Lipinski definition) is 6. The van der Waals surface area contributed by atoms with E-state index in [2.05, 4.69) is 58.2 Å². The third-order valence-electron chi connectivity index (χ3n) is 8.35. The minimum absolute atomic E-state index is 0.0120. The van der Waals surface area contributed by atoms with E-state index >= 15 is 0 Å². The molecule has 0 aromatic heterocycles. The van der Waals surface area contributed by atoms with Crippen molar-refractivity contribution in [2.75, 3.05) is 6.54 Å². The molecular formula is C39H40N2O5S. The van der Waals surface area contributed by atoms with E-state index in [1.807, 2.05) is 60.7 Å². The lowest BCUT2D eigenvalue weighted by atomic mass is 9.99. The van der Waals surface area contributed by atoms with Crippen LogP contribution >= 0.6 is 0 Å². The molecule has 0 radical (unpaired) electrons. The molecular weight excluding hydrogens is 609 g/mol. The van der Waals surface area contributed by atoms with Crippen LogP contribution in [0, 0.1) is 0 Å². The van der Waals surface area contributed by atoms with Gasteiger partial charge in [-0.05, 0) is 39.9 Å². The third-order valence-corrected chi connectivity index (χ3v) is 9.76. The largest absolute Gasteiger partial charge is 0.392 e. The highest BCUT2D eigenvalue weighted by Crippen LogP contribution is 2.38. The molecule has 2 N–H and O–H groups in total. The second-order valence-corrected chi connectivity index (χ2v) is 13.6. The van der Waals surface area contributed by atoms with Crippen LogP contribution in [0.25, 0.3) is 0 Å². The van der Waals surface area contributed by atoms with Gasteiger partial charge in [-0.25, -0.2) is 13.1 Å². The van der Waals surface area contributed by atoms with Crippen molar-refractivity contribution in [3.8, 4) is 0 Å².